The lowest BCUT2D eigenvalue weighted by Gasteiger charge is -2.28. The third-order valence-electron chi connectivity index (χ3n) is 2.90. The van der Waals surface area contributed by atoms with E-state index in [1.807, 2.05) is 20.8 Å². The maximum absolute atomic E-state index is 11.9. The third-order valence-corrected chi connectivity index (χ3v) is 2.90. The Morgan fingerprint density at radius 1 is 1.50 bits per heavy atom. The number of carbonyl (C=O) groups is 1. The summed E-state index contributed by atoms with van der Waals surface area (Å²) in [5.74, 6) is 0. The second-order valence-electron chi connectivity index (χ2n) is 5.39. The second-order valence-corrected chi connectivity index (χ2v) is 5.39. The topological polar surface area (TPSA) is 59.0 Å². The average molecular weight is 229 g/mol. The fourth-order valence-corrected chi connectivity index (χ4v) is 2.28. The molecular formula is C11H19NO4. The van der Waals surface area contributed by atoms with Crippen LogP contribution in [-0.2, 0) is 9.47 Å². The fourth-order valence-electron chi connectivity index (χ4n) is 2.28. The summed E-state index contributed by atoms with van der Waals surface area (Å²) in [5.41, 5.74) is -0.500. The van der Waals surface area contributed by atoms with Gasteiger partial charge < -0.3 is 14.6 Å². The van der Waals surface area contributed by atoms with Gasteiger partial charge in [-0.15, -0.1) is 0 Å². The lowest BCUT2D eigenvalue weighted by atomic mass is 10.1. The standard InChI is InChI=1S/C11H19NO4/c1-11(2,3)16-10(14)12-5-4-8-9(12)7(13)6-15-8/h7-9,13H,4-6H2,1-3H3. The molecule has 3 unspecified atom stereocenters. The van der Waals surface area contributed by atoms with Crippen molar-refractivity contribution in [3.63, 3.8) is 0 Å². The number of carbonyl (C=O) groups excluding carboxylic acids is 1. The van der Waals surface area contributed by atoms with E-state index < -0.39 is 11.7 Å². The number of rotatable bonds is 0. The minimum Gasteiger partial charge on any atom is -0.444 e. The summed E-state index contributed by atoms with van der Waals surface area (Å²) in [4.78, 5) is 13.5. The molecule has 2 aliphatic rings. The number of ether oxygens (including phenoxy) is 2. The number of aliphatic hydroxyl groups is 1. The number of hydrogen-bond donors (Lipinski definition) is 1. The molecule has 16 heavy (non-hydrogen) atoms. The zero-order chi connectivity index (χ0) is 11.9. The number of likely N-dealkylation sites (tertiary alicyclic amines) is 1. The van der Waals surface area contributed by atoms with Crippen molar-refractivity contribution in [3.05, 3.63) is 0 Å². The van der Waals surface area contributed by atoms with Gasteiger partial charge in [-0.25, -0.2) is 4.79 Å². The molecule has 2 heterocycles. The molecule has 0 aromatic rings. The second kappa shape index (κ2) is 3.89. The fraction of sp³-hybridized carbons (Fsp3) is 0.909. The highest BCUT2D eigenvalue weighted by Crippen LogP contribution is 2.30. The summed E-state index contributed by atoms with van der Waals surface area (Å²) in [7, 11) is 0. The van der Waals surface area contributed by atoms with Crippen LogP contribution in [0, 0.1) is 0 Å². The van der Waals surface area contributed by atoms with Gasteiger partial charge in [0.15, 0.2) is 0 Å². The van der Waals surface area contributed by atoms with Crippen LogP contribution in [0.15, 0.2) is 0 Å². The van der Waals surface area contributed by atoms with Crippen molar-refractivity contribution in [2.24, 2.45) is 0 Å². The number of nitrogens with zero attached hydrogens (tertiary/aromatic N) is 1. The molecule has 0 spiro atoms. The van der Waals surface area contributed by atoms with Crippen LogP contribution in [0.25, 0.3) is 0 Å². The Bertz CT molecular complexity index is 286. The van der Waals surface area contributed by atoms with E-state index in [-0.39, 0.29) is 18.2 Å². The first-order valence-corrected chi connectivity index (χ1v) is 5.68. The summed E-state index contributed by atoms with van der Waals surface area (Å²) in [6, 6.07) is -0.227. The Balaban J connectivity index is 2.02. The van der Waals surface area contributed by atoms with E-state index in [1.54, 1.807) is 4.90 Å². The van der Waals surface area contributed by atoms with Crippen LogP contribution >= 0.6 is 0 Å². The third kappa shape index (κ3) is 2.15. The van der Waals surface area contributed by atoms with Crippen molar-refractivity contribution in [2.75, 3.05) is 13.2 Å². The molecule has 1 amide bonds. The van der Waals surface area contributed by atoms with Crippen LogP contribution in [0.4, 0.5) is 4.79 Å². The van der Waals surface area contributed by atoms with Crippen LogP contribution in [0.3, 0.4) is 0 Å². The van der Waals surface area contributed by atoms with Crippen LogP contribution in [0.2, 0.25) is 0 Å². The van der Waals surface area contributed by atoms with Gasteiger partial charge in [-0.2, -0.15) is 0 Å². The molecule has 5 nitrogen and oxygen atoms in total. The van der Waals surface area contributed by atoms with Gasteiger partial charge in [0, 0.05) is 6.54 Å². The number of amides is 1. The molecule has 2 rings (SSSR count). The molecule has 0 bridgehead atoms. The minimum absolute atomic E-state index is 0.0254. The zero-order valence-electron chi connectivity index (χ0n) is 9.97. The maximum Gasteiger partial charge on any atom is 0.410 e. The van der Waals surface area contributed by atoms with Gasteiger partial charge in [-0.05, 0) is 27.2 Å². The molecule has 2 aliphatic heterocycles. The molecule has 0 aromatic carbocycles. The monoisotopic (exact) mass is 229 g/mol. The highest BCUT2D eigenvalue weighted by molar-refractivity contribution is 5.69. The molecule has 92 valence electrons. The zero-order valence-corrected chi connectivity index (χ0v) is 9.97. The lowest BCUT2D eigenvalue weighted by molar-refractivity contribution is 0.0105. The first kappa shape index (κ1) is 11.7. The molecule has 5 heteroatoms. The predicted octanol–water partition coefficient (Wildman–Crippen LogP) is 0.756. The summed E-state index contributed by atoms with van der Waals surface area (Å²) < 4.78 is 10.7. The van der Waals surface area contributed by atoms with Crippen LogP contribution < -0.4 is 0 Å². The smallest absolute Gasteiger partial charge is 0.410 e. The van der Waals surface area contributed by atoms with Gasteiger partial charge >= 0.3 is 6.09 Å². The van der Waals surface area contributed by atoms with Gasteiger partial charge in [0.1, 0.15) is 11.7 Å². The molecule has 0 aliphatic carbocycles. The Morgan fingerprint density at radius 2 is 2.19 bits per heavy atom. The van der Waals surface area contributed by atoms with Crippen molar-refractivity contribution in [3.8, 4) is 0 Å². The first-order chi connectivity index (χ1) is 7.38. The molecular weight excluding hydrogens is 210 g/mol. The van der Waals surface area contributed by atoms with Gasteiger partial charge in [-0.1, -0.05) is 0 Å². The molecule has 1 N–H and O–H groups in total. The predicted molar refractivity (Wildman–Crippen MR) is 57.1 cm³/mol. The van der Waals surface area contributed by atoms with Gasteiger partial charge in [-0.3, -0.25) is 4.90 Å². The minimum atomic E-state index is -0.583. The summed E-state index contributed by atoms with van der Waals surface area (Å²) in [5, 5.41) is 9.74. The van der Waals surface area contributed by atoms with E-state index in [4.69, 9.17) is 9.47 Å². The van der Waals surface area contributed by atoms with Gasteiger partial charge in [0.05, 0.1) is 18.8 Å². The Labute approximate surface area is 95.3 Å². The lowest BCUT2D eigenvalue weighted by Crippen LogP contribution is -2.46. The van der Waals surface area contributed by atoms with Crippen LogP contribution in [0.1, 0.15) is 27.2 Å². The van der Waals surface area contributed by atoms with Crippen LogP contribution in [0.5, 0.6) is 0 Å². The van der Waals surface area contributed by atoms with Crippen molar-refractivity contribution >= 4 is 6.09 Å². The van der Waals surface area contributed by atoms with Crippen molar-refractivity contribution < 1.29 is 19.4 Å². The molecule has 0 radical (unpaired) electrons. The SMILES string of the molecule is CC(C)(C)OC(=O)N1CCC2OCC(O)C21. The molecule has 3 atom stereocenters. The number of aliphatic hydroxyl groups excluding tert-OH is 1. The molecule has 0 saturated carbocycles. The Kier molecular flexibility index (Phi) is 2.84. The summed E-state index contributed by atoms with van der Waals surface area (Å²) in [6.07, 6.45) is -0.187. The maximum atomic E-state index is 11.9. The van der Waals surface area contributed by atoms with E-state index in [1.165, 1.54) is 0 Å². The largest absolute Gasteiger partial charge is 0.444 e. The van der Waals surface area contributed by atoms with Gasteiger partial charge in [0.25, 0.3) is 0 Å². The quantitative estimate of drug-likeness (QED) is 0.666. The first-order valence-electron chi connectivity index (χ1n) is 5.68. The van der Waals surface area contributed by atoms with Crippen molar-refractivity contribution in [2.45, 2.75) is 51.0 Å². The molecule has 2 saturated heterocycles. The van der Waals surface area contributed by atoms with E-state index in [9.17, 15) is 9.90 Å². The average Bonchev–Trinajstić information content (AvgIpc) is 2.66. The van der Waals surface area contributed by atoms with Crippen molar-refractivity contribution in [1.82, 2.24) is 4.90 Å². The highest BCUT2D eigenvalue weighted by atomic mass is 16.6. The van der Waals surface area contributed by atoms with Crippen LogP contribution in [-0.4, -0.2) is 53.1 Å². The number of fused-ring (bicyclic) bond motifs is 1. The van der Waals surface area contributed by atoms with Crippen molar-refractivity contribution in [1.29, 1.82) is 0 Å². The highest BCUT2D eigenvalue weighted by Gasteiger charge is 2.47. The normalized spacial score (nSPS) is 34.0. The summed E-state index contributed by atoms with van der Waals surface area (Å²) >= 11 is 0. The van der Waals surface area contributed by atoms with E-state index in [0.717, 1.165) is 6.42 Å². The molecule has 2 fully saturated rings. The summed E-state index contributed by atoms with van der Waals surface area (Å²) in [6.45, 7) is 6.41. The Hall–Kier alpha value is -0.810. The molecule has 0 aromatic heterocycles. The van der Waals surface area contributed by atoms with E-state index in [2.05, 4.69) is 0 Å². The van der Waals surface area contributed by atoms with E-state index >= 15 is 0 Å². The number of hydrogen-bond acceptors (Lipinski definition) is 4. The van der Waals surface area contributed by atoms with Gasteiger partial charge in [0.2, 0.25) is 0 Å². The van der Waals surface area contributed by atoms with E-state index in [0.29, 0.717) is 13.2 Å². The Morgan fingerprint density at radius 3 is 2.81 bits per heavy atom.